The molecule has 0 saturated heterocycles. The number of nitrogen functional groups attached to an aromatic ring is 1. The quantitative estimate of drug-likeness (QED) is 0.340. The van der Waals surface area contributed by atoms with Crippen LogP contribution in [0.5, 0.6) is 0 Å². The van der Waals surface area contributed by atoms with Crippen molar-refractivity contribution in [2.24, 2.45) is 5.84 Å². The third kappa shape index (κ3) is 1.54. The molecule has 4 N–H and O–H groups in total. The van der Waals surface area contributed by atoms with Gasteiger partial charge in [-0.25, -0.2) is 5.84 Å². The van der Waals surface area contributed by atoms with Crippen molar-refractivity contribution < 1.29 is 4.79 Å². The second kappa shape index (κ2) is 3.96. The fourth-order valence-corrected chi connectivity index (χ4v) is 2.35. The summed E-state index contributed by atoms with van der Waals surface area (Å²) < 4.78 is 1.48. The summed E-state index contributed by atoms with van der Waals surface area (Å²) in [4.78, 5) is 27.1. The highest BCUT2D eigenvalue weighted by Gasteiger charge is 2.17. The van der Waals surface area contributed by atoms with Crippen molar-refractivity contribution in [3.05, 3.63) is 51.8 Å². The van der Waals surface area contributed by atoms with E-state index in [4.69, 9.17) is 5.84 Å². The molecule has 0 atom stereocenters. The molecule has 2 aromatic heterocycles. The van der Waals surface area contributed by atoms with Crippen LogP contribution in [0.1, 0.15) is 15.9 Å². The Bertz CT molecular complexity index is 860. The molecule has 2 heterocycles. The SMILES string of the molecule is Cc1cc(=O)n2c([nH]c3ccccc32)c1C(=O)NN. The summed E-state index contributed by atoms with van der Waals surface area (Å²) in [6.07, 6.45) is 0. The van der Waals surface area contributed by atoms with Gasteiger partial charge < -0.3 is 4.98 Å². The molecule has 6 nitrogen and oxygen atoms in total. The first-order valence-corrected chi connectivity index (χ1v) is 5.77. The summed E-state index contributed by atoms with van der Waals surface area (Å²) in [5.74, 6) is 4.77. The van der Waals surface area contributed by atoms with Gasteiger partial charge in [-0.1, -0.05) is 12.1 Å². The standard InChI is InChI=1S/C13H12N4O2/c1-7-6-10(18)17-9-5-3-2-4-8(9)15-12(17)11(7)13(19)16-14/h2-6,15H,14H2,1H3,(H,16,19). The fourth-order valence-electron chi connectivity index (χ4n) is 2.35. The van der Waals surface area contributed by atoms with E-state index in [1.165, 1.54) is 10.5 Å². The lowest BCUT2D eigenvalue weighted by Crippen LogP contribution is -2.32. The number of carbonyl (C=O) groups excluding carboxylic acids is 1. The third-order valence-electron chi connectivity index (χ3n) is 3.17. The number of fused-ring (bicyclic) bond motifs is 3. The number of imidazole rings is 1. The first-order chi connectivity index (χ1) is 9.13. The van der Waals surface area contributed by atoms with Crippen LogP contribution in [0.3, 0.4) is 0 Å². The Kier molecular flexibility index (Phi) is 2.39. The molecule has 19 heavy (non-hydrogen) atoms. The normalized spacial score (nSPS) is 11.1. The van der Waals surface area contributed by atoms with Crippen LogP contribution in [0.2, 0.25) is 0 Å². The number of rotatable bonds is 1. The van der Waals surface area contributed by atoms with E-state index in [1.54, 1.807) is 6.92 Å². The van der Waals surface area contributed by atoms with Gasteiger partial charge in [0.25, 0.3) is 11.5 Å². The maximum Gasteiger partial charge on any atom is 0.269 e. The predicted molar refractivity (Wildman–Crippen MR) is 71.9 cm³/mol. The first kappa shape index (κ1) is 11.5. The Morgan fingerprint density at radius 1 is 1.37 bits per heavy atom. The van der Waals surface area contributed by atoms with Crippen molar-refractivity contribution in [1.29, 1.82) is 0 Å². The van der Waals surface area contributed by atoms with Gasteiger partial charge in [0.15, 0.2) is 0 Å². The van der Waals surface area contributed by atoms with Gasteiger partial charge in [-0.05, 0) is 24.6 Å². The molecule has 0 saturated carbocycles. The number of nitrogens with zero attached hydrogens (tertiary/aromatic N) is 1. The van der Waals surface area contributed by atoms with Crippen LogP contribution in [0.25, 0.3) is 16.7 Å². The third-order valence-corrected chi connectivity index (χ3v) is 3.17. The smallest absolute Gasteiger partial charge is 0.269 e. The van der Waals surface area contributed by atoms with Gasteiger partial charge in [0.2, 0.25) is 0 Å². The molecule has 0 bridgehead atoms. The number of benzene rings is 1. The number of carbonyl (C=O) groups is 1. The van der Waals surface area contributed by atoms with Crippen molar-refractivity contribution in [2.45, 2.75) is 6.92 Å². The maximum absolute atomic E-state index is 12.1. The van der Waals surface area contributed by atoms with E-state index in [2.05, 4.69) is 10.4 Å². The average Bonchev–Trinajstić information content (AvgIpc) is 2.77. The van der Waals surface area contributed by atoms with Gasteiger partial charge >= 0.3 is 0 Å². The molecule has 1 amide bonds. The van der Waals surface area contributed by atoms with Gasteiger partial charge in [0.05, 0.1) is 16.6 Å². The summed E-state index contributed by atoms with van der Waals surface area (Å²) in [5.41, 5.74) is 4.85. The molecule has 0 unspecified atom stereocenters. The maximum atomic E-state index is 12.1. The summed E-state index contributed by atoms with van der Waals surface area (Å²) in [6, 6.07) is 8.79. The lowest BCUT2D eigenvalue weighted by Gasteiger charge is -2.05. The van der Waals surface area contributed by atoms with Crippen molar-refractivity contribution >= 4 is 22.6 Å². The summed E-state index contributed by atoms with van der Waals surface area (Å²) in [7, 11) is 0. The first-order valence-electron chi connectivity index (χ1n) is 5.77. The Balaban J connectivity index is 2.58. The van der Waals surface area contributed by atoms with Crippen molar-refractivity contribution in [3.63, 3.8) is 0 Å². The zero-order valence-corrected chi connectivity index (χ0v) is 10.2. The lowest BCUT2D eigenvalue weighted by molar-refractivity contribution is 0.0954. The minimum absolute atomic E-state index is 0.182. The molecule has 0 aliphatic carbocycles. The number of hydrogen-bond donors (Lipinski definition) is 3. The molecular weight excluding hydrogens is 244 g/mol. The number of nitrogens with two attached hydrogens (primary N) is 1. The molecule has 3 aromatic rings. The van der Waals surface area contributed by atoms with Gasteiger partial charge in [-0.15, -0.1) is 0 Å². The highest BCUT2D eigenvalue weighted by Crippen LogP contribution is 2.19. The number of aromatic amines is 1. The average molecular weight is 256 g/mol. The zero-order chi connectivity index (χ0) is 13.6. The molecule has 0 aliphatic heterocycles. The van der Waals surface area contributed by atoms with E-state index < -0.39 is 5.91 Å². The van der Waals surface area contributed by atoms with Crippen LogP contribution in [0.4, 0.5) is 0 Å². The number of H-pyrrole nitrogens is 1. The molecule has 1 aromatic carbocycles. The highest BCUT2D eigenvalue weighted by atomic mass is 16.2. The zero-order valence-electron chi connectivity index (χ0n) is 10.2. The van der Waals surface area contributed by atoms with Crippen LogP contribution in [0, 0.1) is 6.92 Å². The summed E-state index contributed by atoms with van der Waals surface area (Å²) in [5, 5.41) is 0. The van der Waals surface area contributed by atoms with E-state index in [0.717, 1.165) is 11.0 Å². The molecule has 0 fully saturated rings. The second-order valence-corrected chi connectivity index (χ2v) is 4.34. The molecular formula is C13H12N4O2. The number of amides is 1. The monoisotopic (exact) mass is 256 g/mol. The highest BCUT2D eigenvalue weighted by molar-refractivity contribution is 6.02. The topological polar surface area (TPSA) is 92.4 Å². The van der Waals surface area contributed by atoms with Crippen LogP contribution in [0.15, 0.2) is 35.1 Å². The second-order valence-electron chi connectivity index (χ2n) is 4.34. The molecule has 0 spiro atoms. The van der Waals surface area contributed by atoms with E-state index in [9.17, 15) is 9.59 Å². The van der Waals surface area contributed by atoms with E-state index in [0.29, 0.717) is 16.8 Å². The molecule has 96 valence electrons. The number of para-hydroxylation sites is 2. The number of nitrogens with one attached hydrogen (secondary N) is 2. The predicted octanol–water partition coefficient (Wildman–Crippen LogP) is 0.693. The lowest BCUT2D eigenvalue weighted by atomic mass is 10.1. The number of aryl methyl sites for hydroxylation is 1. The Hall–Kier alpha value is -2.60. The van der Waals surface area contributed by atoms with Crippen LogP contribution < -0.4 is 16.8 Å². The van der Waals surface area contributed by atoms with Crippen molar-refractivity contribution in [2.75, 3.05) is 0 Å². The molecule has 3 rings (SSSR count). The van der Waals surface area contributed by atoms with E-state index in [1.807, 2.05) is 24.3 Å². The number of hydrazine groups is 1. The van der Waals surface area contributed by atoms with Crippen molar-refractivity contribution in [3.8, 4) is 0 Å². The minimum atomic E-state index is -0.429. The number of pyridine rings is 1. The molecule has 0 aliphatic rings. The van der Waals surface area contributed by atoms with Crippen LogP contribution >= 0.6 is 0 Å². The molecule has 6 heteroatoms. The minimum Gasteiger partial charge on any atom is -0.339 e. The Morgan fingerprint density at radius 3 is 2.84 bits per heavy atom. The van der Waals surface area contributed by atoms with Gasteiger partial charge in [0, 0.05) is 6.07 Å². The summed E-state index contributed by atoms with van der Waals surface area (Å²) in [6.45, 7) is 1.71. The van der Waals surface area contributed by atoms with Crippen LogP contribution in [-0.2, 0) is 0 Å². The number of aromatic nitrogens is 2. The van der Waals surface area contributed by atoms with Gasteiger partial charge in [0.1, 0.15) is 5.65 Å². The Morgan fingerprint density at radius 2 is 2.11 bits per heavy atom. The van der Waals surface area contributed by atoms with E-state index >= 15 is 0 Å². The summed E-state index contributed by atoms with van der Waals surface area (Å²) >= 11 is 0. The van der Waals surface area contributed by atoms with Gasteiger partial charge in [-0.3, -0.25) is 19.4 Å². The van der Waals surface area contributed by atoms with Crippen LogP contribution in [-0.4, -0.2) is 15.3 Å². The van der Waals surface area contributed by atoms with E-state index in [-0.39, 0.29) is 5.56 Å². The molecule has 0 radical (unpaired) electrons. The largest absolute Gasteiger partial charge is 0.339 e. The fraction of sp³-hybridized carbons (Fsp3) is 0.0769. The van der Waals surface area contributed by atoms with Gasteiger partial charge in [-0.2, -0.15) is 0 Å². The van der Waals surface area contributed by atoms with Crippen molar-refractivity contribution in [1.82, 2.24) is 14.8 Å². The Labute approximate surface area is 107 Å². The number of hydrogen-bond acceptors (Lipinski definition) is 3.